The molecule has 0 heterocycles. The molecule has 1 amide bonds. The lowest BCUT2D eigenvalue weighted by Crippen LogP contribution is -2.22. The summed E-state index contributed by atoms with van der Waals surface area (Å²) in [6, 6.07) is 12.0. The molecular weight excluding hydrogens is 273 g/mol. The number of nitrogens with one attached hydrogen (secondary N) is 1. The van der Waals surface area contributed by atoms with E-state index in [1.807, 2.05) is 0 Å². The number of aliphatic hydroxyl groups is 1. The molecule has 0 fully saturated rings. The fourth-order valence-corrected chi connectivity index (χ4v) is 1.81. The van der Waals surface area contributed by atoms with Crippen molar-refractivity contribution in [3.8, 4) is 0 Å². The molecular formula is C16H14FNO3. The minimum absolute atomic E-state index is 0.252. The van der Waals surface area contributed by atoms with Crippen molar-refractivity contribution in [2.24, 2.45) is 0 Å². The molecule has 0 saturated heterocycles. The molecule has 5 heteroatoms. The second-order valence-electron chi connectivity index (χ2n) is 4.47. The molecule has 0 radical (unpaired) electrons. The molecule has 21 heavy (non-hydrogen) atoms. The van der Waals surface area contributed by atoms with Crippen molar-refractivity contribution >= 4 is 11.7 Å². The first-order valence-electron chi connectivity index (χ1n) is 6.37. The highest BCUT2D eigenvalue weighted by atomic mass is 19.1. The van der Waals surface area contributed by atoms with Crippen LogP contribution in [0.5, 0.6) is 0 Å². The lowest BCUT2D eigenvalue weighted by atomic mass is 10.1. The van der Waals surface area contributed by atoms with Gasteiger partial charge < -0.3 is 10.4 Å². The van der Waals surface area contributed by atoms with E-state index in [0.29, 0.717) is 5.56 Å². The van der Waals surface area contributed by atoms with Gasteiger partial charge in [-0.25, -0.2) is 4.39 Å². The topological polar surface area (TPSA) is 66.4 Å². The smallest absolute Gasteiger partial charge is 0.251 e. The van der Waals surface area contributed by atoms with Crippen molar-refractivity contribution in [1.29, 1.82) is 0 Å². The molecule has 0 atom stereocenters. The Kier molecular flexibility index (Phi) is 4.79. The van der Waals surface area contributed by atoms with Crippen molar-refractivity contribution in [2.75, 3.05) is 6.61 Å². The maximum Gasteiger partial charge on any atom is 0.251 e. The second kappa shape index (κ2) is 6.76. The zero-order valence-corrected chi connectivity index (χ0v) is 11.2. The Morgan fingerprint density at radius 1 is 1.05 bits per heavy atom. The Bertz CT molecular complexity index is 653. The Morgan fingerprint density at radius 2 is 1.76 bits per heavy atom. The molecule has 2 N–H and O–H groups in total. The largest absolute Gasteiger partial charge is 0.388 e. The minimum Gasteiger partial charge on any atom is -0.388 e. The standard InChI is InChI=1S/C16H14FNO3/c17-14-3-1-2-13(8-14)16(21)18-9-11-4-6-12(7-5-11)15(20)10-19/h1-8,19H,9-10H2,(H,18,21). The summed E-state index contributed by atoms with van der Waals surface area (Å²) >= 11 is 0. The lowest BCUT2D eigenvalue weighted by Gasteiger charge is -2.06. The molecule has 108 valence electrons. The maximum absolute atomic E-state index is 13.0. The normalized spacial score (nSPS) is 10.2. The quantitative estimate of drug-likeness (QED) is 0.826. The monoisotopic (exact) mass is 287 g/mol. The summed E-state index contributed by atoms with van der Waals surface area (Å²) in [5.74, 6) is -1.19. The maximum atomic E-state index is 13.0. The van der Waals surface area contributed by atoms with Crippen molar-refractivity contribution in [3.63, 3.8) is 0 Å². The predicted molar refractivity (Wildman–Crippen MR) is 75.4 cm³/mol. The van der Waals surface area contributed by atoms with Gasteiger partial charge in [-0.05, 0) is 23.8 Å². The van der Waals surface area contributed by atoms with Gasteiger partial charge in [-0.3, -0.25) is 9.59 Å². The summed E-state index contributed by atoms with van der Waals surface area (Å²) in [7, 11) is 0. The number of halogens is 1. The first kappa shape index (κ1) is 14.9. The molecule has 0 aliphatic rings. The number of aliphatic hydroxyl groups excluding tert-OH is 1. The highest BCUT2D eigenvalue weighted by Crippen LogP contribution is 2.07. The van der Waals surface area contributed by atoms with Crippen LogP contribution in [0.4, 0.5) is 4.39 Å². The predicted octanol–water partition coefficient (Wildman–Crippen LogP) is 1.93. The average molecular weight is 287 g/mol. The van der Waals surface area contributed by atoms with Crippen molar-refractivity contribution in [3.05, 3.63) is 71.0 Å². The van der Waals surface area contributed by atoms with Gasteiger partial charge in [0.1, 0.15) is 12.4 Å². The van der Waals surface area contributed by atoms with Crippen LogP contribution in [-0.2, 0) is 6.54 Å². The van der Waals surface area contributed by atoms with Crippen LogP contribution in [0.1, 0.15) is 26.3 Å². The lowest BCUT2D eigenvalue weighted by molar-refractivity contribution is 0.0902. The van der Waals surface area contributed by atoms with E-state index in [4.69, 9.17) is 5.11 Å². The van der Waals surface area contributed by atoms with Gasteiger partial charge in [0.15, 0.2) is 5.78 Å². The molecule has 0 aliphatic heterocycles. The van der Waals surface area contributed by atoms with Gasteiger partial charge >= 0.3 is 0 Å². The molecule has 4 nitrogen and oxygen atoms in total. The zero-order valence-electron chi connectivity index (χ0n) is 11.2. The Balaban J connectivity index is 1.97. The molecule has 0 bridgehead atoms. The van der Waals surface area contributed by atoms with Gasteiger partial charge in [0.2, 0.25) is 0 Å². The van der Waals surface area contributed by atoms with Gasteiger partial charge in [-0.2, -0.15) is 0 Å². The number of ketones is 1. The number of carbonyl (C=O) groups excluding carboxylic acids is 2. The van der Waals surface area contributed by atoms with Crippen molar-refractivity contribution in [2.45, 2.75) is 6.54 Å². The minimum atomic E-state index is -0.532. The Hall–Kier alpha value is -2.53. The van der Waals surface area contributed by atoms with Crippen molar-refractivity contribution in [1.82, 2.24) is 5.32 Å². The van der Waals surface area contributed by atoms with E-state index >= 15 is 0 Å². The van der Waals surface area contributed by atoms with E-state index < -0.39 is 12.4 Å². The Morgan fingerprint density at radius 3 is 2.38 bits per heavy atom. The van der Waals surface area contributed by atoms with Crippen LogP contribution in [0, 0.1) is 5.82 Å². The summed E-state index contributed by atoms with van der Waals surface area (Å²) in [6.45, 7) is -0.265. The van der Waals surface area contributed by atoms with Crippen LogP contribution in [0.3, 0.4) is 0 Å². The SMILES string of the molecule is O=C(CO)c1ccc(CNC(=O)c2cccc(F)c2)cc1. The van der Waals surface area contributed by atoms with Crippen LogP contribution in [0.2, 0.25) is 0 Å². The number of amides is 1. The van der Waals surface area contributed by atoms with Crippen molar-refractivity contribution < 1.29 is 19.1 Å². The fourth-order valence-electron chi connectivity index (χ4n) is 1.81. The first-order valence-corrected chi connectivity index (χ1v) is 6.37. The summed E-state index contributed by atoms with van der Waals surface area (Å²) in [5.41, 5.74) is 1.47. The molecule has 0 aromatic heterocycles. The van der Waals surface area contributed by atoms with E-state index in [2.05, 4.69) is 5.32 Å². The number of carbonyl (C=O) groups is 2. The molecule has 2 rings (SSSR count). The third-order valence-electron chi connectivity index (χ3n) is 2.96. The zero-order chi connectivity index (χ0) is 15.2. The van der Waals surface area contributed by atoms with E-state index in [9.17, 15) is 14.0 Å². The number of hydrogen-bond donors (Lipinski definition) is 2. The Labute approximate surface area is 121 Å². The van der Waals surface area contributed by atoms with Gasteiger partial charge in [0.25, 0.3) is 5.91 Å². The van der Waals surface area contributed by atoms with Gasteiger partial charge in [0.05, 0.1) is 0 Å². The highest BCUT2D eigenvalue weighted by molar-refractivity contribution is 5.97. The van der Waals surface area contributed by atoms with Gasteiger partial charge in [-0.1, -0.05) is 30.3 Å². The van der Waals surface area contributed by atoms with E-state index in [0.717, 1.165) is 5.56 Å². The molecule has 0 aliphatic carbocycles. The molecule has 2 aromatic rings. The molecule has 0 unspecified atom stereocenters. The summed E-state index contributed by atoms with van der Waals surface area (Å²) in [5, 5.41) is 11.4. The summed E-state index contributed by atoms with van der Waals surface area (Å²) in [6.07, 6.45) is 0. The van der Waals surface area contributed by atoms with E-state index in [1.54, 1.807) is 24.3 Å². The molecule has 0 saturated carbocycles. The van der Waals surface area contributed by atoms with E-state index in [1.165, 1.54) is 24.3 Å². The summed E-state index contributed by atoms with van der Waals surface area (Å²) < 4.78 is 13.0. The first-order chi connectivity index (χ1) is 10.1. The van der Waals surface area contributed by atoms with Gasteiger partial charge in [-0.15, -0.1) is 0 Å². The number of hydrogen-bond acceptors (Lipinski definition) is 3. The van der Waals surface area contributed by atoms with Crippen LogP contribution >= 0.6 is 0 Å². The number of Topliss-reactive ketones (excluding diaryl/α,β-unsaturated/α-hetero) is 1. The fraction of sp³-hybridized carbons (Fsp3) is 0.125. The van der Waals surface area contributed by atoms with Crippen LogP contribution in [0.25, 0.3) is 0 Å². The number of benzene rings is 2. The summed E-state index contributed by atoms with van der Waals surface area (Å²) in [4.78, 5) is 23.1. The average Bonchev–Trinajstić information content (AvgIpc) is 2.52. The van der Waals surface area contributed by atoms with Crippen LogP contribution in [-0.4, -0.2) is 23.4 Å². The highest BCUT2D eigenvalue weighted by Gasteiger charge is 2.07. The second-order valence-corrected chi connectivity index (χ2v) is 4.47. The molecule has 0 spiro atoms. The molecule has 2 aromatic carbocycles. The van der Waals surface area contributed by atoms with Gasteiger partial charge in [0, 0.05) is 17.7 Å². The third-order valence-corrected chi connectivity index (χ3v) is 2.96. The van der Waals surface area contributed by atoms with Crippen LogP contribution < -0.4 is 5.32 Å². The van der Waals surface area contributed by atoms with E-state index in [-0.39, 0.29) is 23.8 Å². The van der Waals surface area contributed by atoms with Crippen LogP contribution in [0.15, 0.2) is 48.5 Å². The third kappa shape index (κ3) is 3.97. The number of rotatable bonds is 5.